The molecule has 6 rings (SSSR count). The number of ether oxygens (including phenoxy) is 1. The van der Waals surface area contributed by atoms with Crippen molar-refractivity contribution in [3.63, 3.8) is 0 Å². The Hall–Kier alpha value is -4.42. The highest BCUT2D eigenvalue weighted by molar-refractivity contribution is 6.31. The van der Waals surface area contributed by atoms with E-state index in [0.29, 0.717) is 22.1 Å². The van der Waals surface area contributed by atoms with Crippen molar-refractivity contribution < 1.29 is 18.3 Å². The number of rotatable bonds is 5. The number of carbonyl (C=O) groups excluding carboxylic acids is 1. The van der Waals surface area contributed by atoms with E-state index in [0.717, 1.165) is 11.6 Å². The maximum absolute atomic E-state index is 14.0. The SMILES string of the molecule is O=C1c2oc3ccc(F)cc3c(=O)c2C(c2cccc(Oc3ccccc3)c2)N1Cc1ccccc1Cl. The van der Waals surface area contributed by atoms with E-state index in [1.54, 1.807) is 35.2 Å². The van der Waals surface area contributed by atoms with E-state index in [1.165, 1.54) is 12.1 Å². The fourth-order valence-electron chi connectivity index (χ4n) is 4.69. The molecule has 1 amide bonds. The summed E-state index contributed by atoms with van der Waals surface area (Å²) in [6, 6.07) is 26.6. The van der Waals surface area contributed by atoms with Crippen molar-refractivity contribution in [2.24, 2.45) is 0 Å². The first-order chi connectivity index (χ1) is 18.0. The van der Waals surface area contributed by atoms with Crippen LogP contribution in [-0.4, -0.2) is 10.8 Å². The van der Waals surface area contributed by atoms with Gasteiger partial charge >= 0.3 is 0 Å². The topological polar surface area (TPSA) is 59.8 Å². The van der Waals surface area contributed by atoms with Crippen LogP contribution in [0.2, 0.25) is 5.02 Å². The summed E-state index contributed by atoms with van der Waals surface area (Å²) in [4.78, 5) is 28.9. The standard InChI is InChI=1S/C30H19ClFNO4/c31-24-12-5-4-7-19(24)17-33-27(18-8-6-11-22(15-18)36-21-9-2-1-3-10-21)26-28(34)23-16-20(32)13-14-25(23)37-29(26)30(33)35/h1-16,27H,17H2. The maximum Gasteiger partial charge on any atom is 0.291 e. The number of hydrogen-bond donors (Lipinski definition) is 0. The fourth-order valence-corrected chi connectivity index (χ4v) is 4.88. The van der Waals surface area contributed by atoms with E-state index >= 15 is 0 Å². The summed E-state index contributed by atoms with van der Waals surface area (Å²) in [5.74, 6) is 0.120. The molecule has 0 bridgehead atoms. The predicted molar refractivity (Wildman–Crippen MR) is 139 cm³/mol. The molecule has 0 spiro atoms. The highest BCUT2D eigenvalue weighted by Gasteiger charge is 2.43. The Morgan fingerprint density at radius 1 is 0.865 bits per heavy atom. The molecule has 2 heterocycles. The average molecular weight is 512 g/mol. The fraction of sp³-hybridized carbons (Fsp3) is 0.0667. The van der Waals surface area contributed by atoms with Crippen LogP contribution in [0.15, 0.2) is 106 Å². The van der Waals surface area contributed by atoms with Gasteiger partial charge in [-0.15, -0.1) is 0 Å². The Bertz CT molecular complexity index is 1720. The van der Waals surface area contributed by atoms with Crippen molar-refractivity contribution in [2.75, 3.05) is 0 Å². The normalized spacial score (nSPS) is 14.7. The average Bonchev–Trinajstić information content (AvgIpc) is 3.18. The second-order valence-electron chi connectivity index (χ2n) is 8.73. The molecule has 1 atom stereocenters. The van der Waals surface area contributed by atoms with Crippen molar-refractivity contribution in [2.45, 2.75) is 12.6 Å². The minimum absolute atomic E-state index is 0.0597. The van der Waals surface area contributed by atoms with E-state index in [1.807, 2.05) is 48.5 Å². The van der Waals surface area contributed by atoms with Crippen LogP contribution in [0.3, 0.4) is 0 Å². The van der Waals surface area contributed by atoms with Crippen LogP contribution in [-0.2, 0) is 6.54 Å². The first-order valence-electron chi connectivity index (χ1n) is 11.6. The van der Waals surface area contributed by atoms with E-state index < -0.39 is 23.2 Å². The van der Waals surface area contributed by atoms with Gasteiger partial charge in [-0.2, -0.15) is 0 Å². The van der Waals surface area contributed by atoms with Gasteiger partial charge in [0.2, 0.25) is 5.76 Å². The Labute approximate surface area is 216 Å². The van der Waals surface area contributed by atoms with Gasteiger partial charge in [-0.25, -0.2) is 4.39 Å². The Kier molecular flexibility index (Phi) is 5.74. The smallest absolute Gasteiger partial charge is 0.291 e. The number of benzene rings is 4. The third-order valence-corrected chi connectivity index (χ3v) is 6.75. The Balaban J connectivity index is 1.52. The van der Waals surface area contributed by atoms with Gasteiger partial charge in [0.1, 0.15) is 22.9 Å². The molecule has 182 valence electrons. The third kappa shape index (κ3) is 4.15. The molecule has 1 aromatic heterocycles. The van der Waals surface area contributed by atoms with E-state index in [-0.39, 0.29) is 28.8 Å². The van der Waals surface area contributed by atoms with Gasteiger partial charge in [-0.3, -0.25) is 9.59 Å². The number of fused-ring (bicyclic) bond motifs is 2. The molecule has 7 heteroatoms. The quantitative estimate of drug-likeness (QED) is 0.252. The summed E-state index contributed by atoms with van der Waals surface area (Å²) in [7, 11) is 0. The number of halogens is 2. The molecule has 0 N–H and O–H groups in total. The van der Waals surface area contributed by atoms with Crippen molar-refractivity contribution in [1.82, 2.24) is 4.90 Å². The van der Waals surface area contributed by atoms with Crippen LogP contribution >= 0.6 is 11.6 Å². The van der Waals surface area contributed by atoms with Gasteiger partial charge in [-0.1, -0.05) is 60.1 Å². The first-order valence-corrected chi connectivity index (χ1v) is 12.0. The molecule has 0 fully saturated rings. The molecule has 0 saturated heterocycles. The molecule has 5 nitrogen and oxygen atoms in total. The molecule has 0 aliphatic carbocycles. The zero-order valence-corrected chi connectivity index (χ0v) is 20.1. The molecule has 0 saturated carbocycles. The summed E-state index contributed by atoms with van der Waals surface area (Å²) < 4.78 is 26.0. The maximum atomic E-state index is 14.0. The molecule has 0 radical (unpaired) electrons. The molecule has 1 aliphatic rings. The van der Waals surface area contributed by atoms with Gasteiger partial charge in [0.15, 0.2) is 5.43 Å². The largest absolute Gasteiger partial charge is 0.457 e. The number of hydrogen-bond acceptors (Lipinski definition) is 4. The van der Waals surface area contributed by atoms with Crippen molar-refractivity contribution in [3.8, 4) is 11.5 Å². The summed E-state index contributed by atoms with van der Waals surface area (Å²) in [6.45, 7) is 0.140. The summed E-state index contributed by atoms with van der Waals surface area (Å²) >= 11 is 6.42. The lowest BCUT2D eigenvalue weighted by Crippen LogP contribution is -2.29. The Morgan fingerprint density at radius 2 is 1.62 bits per heavy atom. The van der Waals surface area contributed by atoms with Crippen LogP contribution < -0.4 is 10.2 Å². The van der Waals surface area contributed by atoms with Crippen LogP contribution in [0.4, 0.5) is 4.39 Å². The van der Waals surface area contributed by atoms with Crippen LogP contribution in [0.25, 0.3) is 11.0 Å². The number of nitrogens with zero attached hydrogens (tertiary/aromatic N) is 1. The van der Waals surface area contributed by atoms with Gasteiger partial charge in [-0.05, 0) is 59.7 Å². The molecule has 37 heavy (non-hydrogen) atoms. The van der Waals surface area contributed by atoms with Crippen molar-refractivity contribution in [1.29, 1.82) is 0 Å². The van der Waals surface area contributed by atoms with Crippen LogP contribution in [0.5, 0.6) is 11.5 Å². The molecule has 4 aromatic carbocycles. The number of carbonyl (C=O) groups is 1. The van der Waals surface area contributed by atoms with E-state index in [9.17, 15) is 14.0 Å². The zero-order chi connectivity index (χ0) is 25.5. The second kappa shape index (κ2) is 9.22. The molecular weight excluding hydrogens is 493 g/mol. The highest BCUT2D eigenvalue weighted by Crippen LogP contribution is 2.41. The lowest BCUT2D eigenvalue weighted by atomic mass is 9.98. The lowest BCUT2D eigenvalue weighted by molar-refractivity contribution is 0.0714. The lowest BCUT2D eigenvalue weighted by Gasteiger charge is -2.26. The first kappa shape index (κ1) is 23.0. The van der Waals surface area contributed by atoms with E-state index in [2.05, 4.69) is 0 Å². The monoisotopic (exact) mass is 511 g/mol. The molecule has 1 unspecified atom stereocenters. The predicted octanol–water partition coefficient (Wildman–Crippen LogP) is 7.12. The highest BCUT2D eigenvalue weighted by atomic mass is 35.5. The van der Waals surface area contributed by atoms with Crippen molar-refractivity contribution >= 4 is 28.5 Å². The third-order valence-electron chi connectivity index (χ3n) is 6.38. The van der Waals surface area contributed by atoms with Crippen LogP contribution in [0, 0.1) is 5.82 Å². The molecule has 5 aromatic rings. The zero-order valence-electron chi connectivity index (χ0n) is 19.4. The minimum atomic E-state index is -0.790. The summed E-state index contributed by atoms with van der Waals surface area (Å²) in [6.07, 6.45) is 0. The van der Waals surface area contributed by atoms with Crippen LogP contribution in [0.1, 0.15) is 33.3 Å². The summed E-state index contributed by atoms with van der Waals surface area (Å²) in [5.41, 5.74) is 1.22. The van der Waals surface area contributed by atoms with Gasteiger partial charge in [0, 0.05) is 11.6 Å². The van der Waals surface area contributed by atoms with Gasteiger partial charge in [0.25, 0.3) is 5.91 Å². The number of amides is 1. The number of para-hydroxylation sites is 1. The van der Waals surface area contributed by atoms with Crippen molar-refractivity contribution in [3.05, 3.63) is 141 Å². The second-order valence-corrected chi connectivity index (χ2v) is 9.14. The molecule has 1 aliphatic heterocycles. The van der Waals surface area contributed by atoms with Gasteiger partial charge in [0.05, 0.1) is 17.0 Å². The summed E-state index contributed by atoms with van der Waals surface area (Å²) in [5, 5.41) is 0.575. The van der Waals surface area contributed by atoms with E-state index in [4.69, 9.17) is 20.8 Å². The Morgan fingerprint density at radius 3 is 2.43 bits per heavy atom. The van der Waals surface area contributed by atoms with Gasteiger partial charge < -0.3 is 14.1 Å². The molecular formula is C30H19ClFNO4. The minimum Gasteiger partial charge on any atom is -0.457 e.